The highest BCUT2D eigenvalue weighted by Gasteiger charge is 2.31. The number of hydrogen-bond donors (Lipinski definition) is 2. The minimum Gasteiger partial charge on any atom is -0.497 e. The van der Waals surface area contributed by atoms with Crippen LogP contribution in [0.5, 0.6) is 5.75 Å². The topological polar surface area (TPSA) is 105 Å². The van der Waals surface area contributed by atoms with Gasteiger partial charge in [0, 0.05) is 23.1 Å². The molecule has 3 rings (SSSR count). The molecule has 1 amide bonds. The first-order valence-corrected chi connectivity index (χ1v) is 8.92. The van der Waals surface area contributed by atoms with Crippen molar-refractivity contribution >= 4 is 32.4 Å². The number of aromatic nitrogens is 1. The molecule has 0 spiro atoms. The van der Waals surface area contributed by atoms with Gasteiger partial charge in [-0.2, -0.15) is 0 Å². The Morgan fingerprint density at radius 2 is 2.13 bits per heavy atom. The number of rotatable bonds is 4. The molecule has 0 aliphatic carbocycles. The number of Topliss-reactive ketones (excluding diaryl/α,β-unsaturated/α-hetero) is 1. The molecule has 8 heteroatoms. The van der Waals surface area contributed by atoms with Crippen LogP contribution in [0.15, 0.2) is 24.4 Å². The van der Waals surface area contributed by atoms with E-state index in [1.807, 2.05) is 0 Å². The van der Waals surface area contributed by atoms with Crippen molar-refractivity contribution in [2.45, 2.75) is 12.5 Å². The standard InChI is InChI=1S/C15H16N2O5S/c1-22-10-2-3-13-11(6-10)12(7-16-13)14(18)15(19)17-9-4-5-23(20,21)8-9/h2-3,6-7,9,16H,4-5,8H2,1H3,(H,17,19). The van der Waals surface area contributed by atoms with Gasteiger partial charge < -0.3 is 15.0 Å². The van der Waals surface area contributed by atoms with Gasteiger partial charge >= 0.3 is 0 Å². The van der Waals surface area contributed by atoms with Gasteiger partial charge in [-0.05, 0) is 24.6 Å². The molecule has 1 aromatic heterocycles. The number of sulfone groups is 1. The predicted octanol–water partition coefficient (Wildman–Crippen LogP) is 0.662. The van der Waals surface area contributed by atoms with Gasteiger partial charge in [-0.25, -0.2) is 8.42 Å². The van der Waals surface area contributed by atoms with E-state index in [1.54, 1.807) is 18.2 Å². The number of hydrogen-bond acceptors (Lipinski definition) is 5. The second kappa shape index (κ2) is 5.69. The summed E-state index contributed by atoms with van der Waals surface area (Å²) in [6, 6.07) is 4.67. The molecule has 1 aliphatic rings. The molecule has 1 aromatic carbocycles. The first-order chi connectivity index (χ1) is 10.9. The van der Waals surface area contributed by atoms with Crippen LogP contribution in [0.2, 0.25) is 0 Å². The van der Waals surface area contributed by atoms with E-state index in [0.717, 1.165) is 0 Å². The fourth-order valence-electron chi connectivity index (χ4n) is 2.70. The van der Waals surface area contributed by atoms with Gasteiger partial charge in [-0.15, -0.1) is 0 Å². The minimum atomic E-state index is -3.11. The van der Waals surface area contributed by atoms with Crippen LogP contribution < -0.4 is 10.1 Å². The molecular weight excluding hydrogens is 320 g/mol. The maximum atomic E-state index is 12.3. The van der Waals surface area contributed by atoms with E-state index >= 15 is 0 Å². The van der Waals surface area contributed by atoms with E-state index in [-0.39, 0.29) is 17.1 Å². The number of H-pyrrole nitrogens is 1. The zero-order chi connectivity index (χ0) is 16.6. The molecular formula is C15H16N2O5S. The number of fused-ring (bicyclic) bond motifs is 1. The molecule has 23 heavy (non-hydrogen) atoms. The fraction of sp³-hybridized carbons (Fsp3) is 0.333. The smallest absolute Gasteiger partial charge is 0.292 e. The van der Waals surface area contributed by atoms with E-state index in [2.05, 4.69) is 10.3 Å². The molecule has 7 nitrogen and oxygen atoms in total. The minimum absolute atomic E-state index is 0.0381. The summed E-state index contributed by atoms with van der Waals surface area (Å²) in [5.74, 6) is -0.998. The molecule has 0 bridgehead atoms. The Hall–Kier alpha value is -2.35. The van der Waals surface area contributed by atoms with Crippen LogP contribution in [0, 0.1) is 0 Å². The summed E-state index contributed by atoms with van der Waals surface area (Å²) in [7, 11) is -1.60. The SMILES string of the molecule is COc1ccc2[nH]cc(C(=O)C(=O)NC3CCS(=O)(=O)C3)c2c1. The second-order valence-corrected chi connectivity index (χ2v) is 7.75. The van der Waals surface area contributed by atoms with E-state index in [9.17, 15) is 18.0 Å². The van der Waals surface area contributed by atoms with Crippen molar-refractivity contribution in [2.24, 2.45) is 0 Å². The number of aromatic amines is 1. The largest absolute Gasteiger partial charge is 0.497 e. The maximum absolute atomic E-state index is 12.3. The highest BCUT2D eigenvalue weighted by atomic mass is 32.2. The van der Waals surface area contributed by atoms with Crippen molar-refractivity contribution in [2.75, 3.05) is 18.6 Å². The summed E-state index contributed by atoms with van der Waals surface area (Å²) < 4.78 is 27.9. The molecule has 1 atom stereocenters. The lowest BCUT2D eigenvalue weighted by Gasteiger charge is -2.09. The van der Waals surface area contributed by atoms with Crippen molar-refractivity contribution in [1.82, 2.24) is 10.3 Å². The summed E-state index contributed by atoms with van der Waals surface area (Å²) in [4.78, 5) is 27.4. The van der Waals surface area contributed by atoms with E-state index in [1.165, 1.54) is 13.3 Å². The monoisotopic (exact) mass is 336 g/mol. The lowest BCUT2D eigenvalue weighted by Crippen LogP contribution is -2.39. The number of carbonyl (C=O) groups is 2. The fourth-order valence-corrected chi connectivity index (χ4v) is 4.37. The molecule has 2 N–H and O–H groups in total. The third-order valence-electron chi connectivity index (χ3n) is 3.91. The van der Waals surface area contributed by atoms with Gasteiger partial charge in [0.15, 0.2) is 9.84 Å². The molecule has 0 radical (unpaired) electrons. The highest BCUT2D eigenvalue weighted by Crippen LogP contribution is 2.24. The molecule has 1 aliphatic heterocycles. The Kier molecular flexibility index (Phi) is 3.85. The van der Waals surface area contributed by atoms with Gasteiger partial charge in [-0.1, -0.05) is 0 Å². The van der Waals surface area contributed by atoms with E-state index in [0.29, 0.717) is 23.1 Å². The number of benzene rings is 1. The number of amides is 1. The molecule has 2 heterocycles. The van der Waals surface area contributed by atoms with Crippen LogP contribution in [0.4, 0.5) is 0 Å². The van der Waals surface area contributed by atoms with Crippen LogP contribution in [0.3, 0.4) is 0 Å². The van der Waals surface area contributed by atoms with Gasteiger partial charge in [0.2, 0.25) is 0 Å². The Morgan fingerprint density at radius 3 is 2.78 bits per heavy atom. The second-order valence-electron chi connectivity index (χ2n) is 5.52. The van der Waals surface area contributed by atoms with Crippen LogP contribution in [0.25, 0.3) is 10.9 Å². The molecule has 0 saturated carbocycles. The Bertz CT molecular complexity index is 884. The lowest BCUT2D eigenvalue weighted by molar-refractivity contribution is -0.117. The number of ketones is 1. The molecule has 2 aromatic rings. The van der Waals surface area contributed by atoms with Crippen molar-refractivity contribution in [3.8, 4) is 5.75 Å². The van der Waals surface area contributed by atoms with Crippen molar-refractivity contribution in [1.29, 1.82) is 0 Å². The number of ether oxygens (including phenoxy) is 1. The number of carbonyl (C=O) groups excluding carboxylic acids is 2. The summed E-state index contributed by atoms with van der Waals surface area (Å²) in [5, 5.41) is 3.09. The first kappa shape index (κ1) is 15.5. The highest BCUT2D eigenvalue weighted by molar-refractivity contribution is 7.91. The molecule has 1 fully saturated rings. The molecule has 1 unspecified atom stereocenters. The predicted molar refractivity (Wildman–Crippen MR) is 84.4 cm³/mol. The third-order valence-corrected chi connectivity index (χ3v) is 5.68. The van der Waals surface area contributed by atoms with Gasteiger partial charge in [0.25, 0.3) is 11.7 Å². The van der Waals surface area contributed by atoms with Crippen LogP contribution in [0.1, 0.15) is 16.8 Å². The average molecular weight is 336 g/mol. The Balaban J connectivity index is 1.81. The summed E-state index contributed by atoms with van der Waals surface area (Å²) in [6.45, 7) is 0. The zero-order valence-electron chi connectivity index (χ0n) is 12.5. The van der Waals surface area contributed by atoms with Gasteiger partial charge in [0.1, 0.15) is 5.75 Å². The Morgan fingerprint density at radius 1 is 1.35 bits per heavy atom. The lowest BCUT2D eigenvalue weighted by atomic mass is 10.1. The number of nitrogens with one attached hydrogen (secondary N) is 2. The van der Waals surface area contributed by atoms with E-state index < -0.39 is 27.6 Å². The maximum Gasteiger partial charge on any atom is 0.292 e. The normalized spacial score (nSPS) is 19.6. The first-order valence-electron chi connectivity index (χ1n) is 7.10. The van der Waals surface area contributed by atoms with Gasteiger partial charge in [-0.3, -0.25) is 9.59 Å². The van der Waals surface area contributed by atoms with Crippen molar-refractivity contribution in [3.63, 3.8) is 0 Å². The third kappa shape index (κ3) is 3.07. The summed E-state index contributed by atoms with van der Waals surface area (Å²) in [5.41, 5.74) is 0.947. The van der Waals surface area contributed by atoms with Crippen LogP contribution in [-0.4, -0.2) is 49.7 Å². The summed E-state index contributed by atoms with van der Waals surface area (Å²) >= 11 is 0. The molecule has 122 valence electrons. The quantitative estimate of drug-likeness (QED) is 0.630. The average Bonchev–Trinajstić information content (AvgIpc) is 3.08. The van der Waals surface area contributed by atoms with Gasteiger partial charge in [0.05, 0.1) is 24.2 Å². The zero-order valence-corrected chi connectivity index (χ0v) is 13.3. The van der Waals surface area contributed by atoms with Crippen molar-refractivity contribution < 1.29 is 22.7 Å². The Labute approximate surface area is 132 Å². The number of methoxy groups -OCH3 is 1. The van der Waals surface area contributed by atoms with Crippen LogP contribution in [-0.2, 0) is 14.6 Å². The summed E-state index contributed by atoms with van der Waals surface area (Å²) in [6.07, 6.45) is 1.81. The molecule has 1 saturated heterocycles. The van der Waals surface area contributed by atoms with Crippen LogP contribution >= 0.6 is 0 Å². The van der Waals surface area contributed by atoms with E-state index in [4.69, 9.17) is 4.74 Å². The van der Waals surface area contributed by atoms with Crippen molar-refractivity contribution in [3.05, 3.63) is 30.0 Å².